The second-order valence-electron chi connectivity index (χ2n) is 7.89. The van der Waals surface area contributed by atoms with Gasteiger partial charge in [-0.15, -0.1) is 0 Å². The van der Waals surface area contributed by atoms with Crippen LogP contribution in [0.2, 0.25) is 5.02 Å². The maximum atomic E-state index is 13.2. The van der Waals surface area contributed by atoms with E-state index >= 15 is 0 Å². The quantitative estimate of drug-likeness (QED) is 0.567. The van der Waals surface area contributed by atoms with Crippen LogP contribution in [0.15, 0.2) is 78.9 Å². The molecule has 0 saturated carbocycles. The first-order chi connectivity index (χ1) is 16.1. The fourth-order valence-electron chi connectivity index (χ4n) is 3.77. The molecule has 0 atom stereocenters. The number of benzene rings is 3. The fraction of sp³-hybridized carbons (Fsp3) is 0.231. The van der Waals surface area contributed by atoms with E-state index in [1.165, 1.54) is 5.56 Å². The van der Waals surface area contributed by atoms with Crippen LogP contribution in [-0.4, -0.2) is 54.4 Å². The second kappa shape index (κ2) is 11.0. The Hall–Kier alpha value is -3.35. The summed E-state index contributed by atoms with van der Waals surface area (Å²) in [6.45, 7) is 3.63. The number of carbonyl (C=O) groups is 2. The molecule has 4 rings (SSSR count). The van der Waals surface area contributed by atoms with Gasteiger partial charge in [-0.25, -0.2) is 0 Å². The maximum Gasteiger partial charge on any atom is 0.262 e. The molecule has 2 amide bonds. The standard InChI is InChI=1S/C26H26ClN3O3/c27-21-10-12-22(13-11-21)33-19-25(31)28-24-9-5-4-8-23(24)26(32)30-16-14-29(15-17-30)18-20-6-2-1-3-7-20/h1-13H,14-19H2,(H,28,31). The van der Waals surface area contributed by atoms with E-state index in [2.05, 4.69) is 22.3 Å². The highest BCUT2D eigenvalue weighted by atomic mass is 35.5. The molecule has 1 heterocycles. The number of hydrogen-bond acceptors (Lipinski definition) is 4. The van der Waals surface area contributed by atoms with Crippen LogP contribution in [0.1, 0.15) is 15.9 Å². The average Bonchev–Trinajstić information content (AvgIpc) is 2.85. The number of amides is 2. The lowest BCUT2D eigenvalue weighted by Gasteiger charge is -2.35. The Morgan fingerprint density at radius 1 is 0.848 bits per heavy atom. The summed E-state index contributed by atoms with van der Waals surface area (Å²) in [5.74, 6) is 0.133. The first kappa shape index (κ1) is 22.8. The number of nitrogens with one attached hydrogen (secondary N) is 1. The summed E-state index contributed by atoms with van der Waals surface area (Å²) in [4.78, 5) is 29.8. The van der Waals surface area contributed by atoms with Crippen LogP contribution in [-0.2, 0) is 11.3 Å². The van der Waals surface area contributed by atoms with E-state index in [1.54, 1.807) is 48.5 Å². The topological polar surface area (TPSA) is 61.9 Å². The lowest BCUT2D eigenvalue weighted by molar-refractivity contribution is -0.118. The van der Waals surface area contributed by atoms with Gasteiger partial charge in [-0.05, 0) is 42.0 Å². The van der Waals surface area contributed by atoms with Crippen LogP contribution in [0.4, 0.5) is 5.69 Å². The van der Waals surface area contributed by atoms with Crippen LogP contribution in [0.5, 0.6) is 5.75 Å². The van der Waals surface area contributed by atoms with E-state index in [1.807, 2.05) is 23.1 Å². The average molecular weight is 464 g/mol. The van der Waals surface area contributed by atoms with Gasteiger partial charge in [0, 0.05) is 37.7 Å². The zero-order chi connectivity index (χ0) is 23.0. The van der Waals surface area contributed by atoms with Crippen LogP contribution in [0.3, 0.4) is 0 Å². The number of carbonyl (C=O) groups excluding carboxylic acids is 2. The van der Waals surface area contributed by atoms with Crippen molar-refractivity contribution in [3.05, 3.63) is 95.0 Å². The van der Waals surface area contributed by atoms with Crippen molar-refractivity contribution in [2.45, 2.75) is 6.54 Å². The third-order valence-electron chi connectivity index (χ3n) is 5.52. The van der Waals surface area contributed by atoms with E-state index in [0.29, 0.717) is 35.1 Å². The molecule has 33 heavy (non-hydrogen) atoms. The Morgan fingerprint density at radius 2 is 1.52 bits per heavy atom. The van der Waals surface area contributed by atoms with Gasteiger partial charge in [-0.2, -0.15) is 0 Å². The first-order valence-corrected chi connectivity index (χ1v) is 11.3. The Balaban J connectivity index is 1.32. The van der Waals surface area contributed by atoms with Gasteiger partial charge in [0.2, 0.25) is 0 Å². The molecule has 0 radical (unpaired) electrons. The first-order valence-electron chi connectivity index (χ1n) is 10.9. The van der Waals surface area contributed by atoms with Crippen molar-refractivity contribution in [2.75, 3.05) is 38.1 Å². The highest BCUT2D eigenvalue weighted by molar-refractivity contribution is 6.30. The lowest BCUT2D eigenvalue weighted by Crippen LogP contribution is -2.48. The van der Waals surface area contributed by atoms with Crippen LogP contribution < -0.4 is 10.1 Å². The predicted molar refractivity (Wildman–Crippen MR) is 130 cm³/mol. The number of hydrogen-bond donors (Lipinski definition) is 1. The normalized spacial score (nSPS) is 14.0. The molecule has 6 nitrogen and oxygen atoms in total. The molecule has 0 spiro atoms. The minimum Gasteiger partial charge on any atom is -0.484 e. The number of ether oxygens (including phenoxy) is 1. The third-order valence-corrected chi connectivity index (χ3v) is 5.78. The van der Waals surface area contributed by atoms with E-state index in [0.717, 1.165) is 19.6 Å². The lowest BCUT2D eigenvalue weighted by atomic mass is 10.1. The summed E-state index contributed by atoms with van der Waals surface area (Å²) in [5.41, 5.74) is 2.24. The molecular weight excluding hydrogens is 438 g/mol. The zero-order valence-corrected chi connectivity index (χ0v) is 19.0. The molecule has 1 saturated heterocycles. The van der Waals surface area contributed by atoms with Gasteiger partial charge in [-0.3, -0.25) is 14.5 Å². The van der Waals surface area contributed by atoms with Crippen molar-refractivity contribution >= 4 is 29.1 Å². The summed E-state index contributed by atoms with van der Waals surface area (Å²) in [5, 5.41) is 3.40. The van der Waals surface area contributed by atoms with Gasteiger partial charge in [-0.1, -0.05) is 54.1 Å². The summed E-state index contributed by atoms with van der Waals surface area (Å²) in [7, 11) is 0. The second-order valence-corrected chi connectivity index (χ2v) is 8.33. The Morgan fingerprint density at radius 3 is 2.24 bits per heavy atom. The molecule has 0 bridgehead atoms. The van der Waals surface area contributed by atoms with Crippen LogP contribution >= 0.6 is 11.6 Å². The highest BCUT2D eigenvalue weighted by Gasteiger charge is 2.24. The summed E-state index contributed by atoms with van der Waals surface area (Å²) < 4.78 is 5.50. The number of halogens is 1. The van der Waals surface area contributed by atoms with Gasteiger partial charge >= 0.3 is 0 Å². The molecule has 1 aliphatic heterocycles. The number of anilines is 1. The molecule has 1 fully saturated rings. The Bertz CT molecular complexity index is 1080. The van der Waals surface area contributed by atoms with Crippen molar-refractivity contribution in [1.29, 1.82) is 0 Å². The molecule has 7 heteroatoms. The molecule has 0 aliphatic carbocycles. The molecular formula is C26H26ClN3O3. The van der Waals surface area contributed by atoms with Crippen molar-refractivity contribution in [3.8, 4) is 5.75 Å². The highest BCUT2D eigenvalue weighted by Crippen LogP contribution is 2.20. The summed E-state index contributed by atoms with van der Waals surface area (Å²) in [6.07, 6.45) is 0. The van der Waals surface area contributed by atoms with E-state index in [9.17, 15) is 9.59 Å². The molecule has 3 aromatic rings. The number of nitrogens with zero attached hydrogens (tertiary/aromatic N) is 2. The summed E-state index contributed by atoms with van der Waals surface area (Å²) in [6, 6.07) is 24.2. The molecule has 170 valence electrons. The smallest absolute Gasteiger partial charge is 0.262 e. The van der Waals surface area contributed by atoms with Gasteiger partial charge in [0.25, 0.3) is 11.8 Å². The van der Waals surface area contributed by atoms with Crippen LogP contribution in [0.25, 0.3) is 0 Å². The summed E-state index contributed by atoms with van der Waals surface area (Å²) >= 11 is 5.86. The SMILES string of the molecule is O=C(COc1ccc(Cl)cc1)Nc1ccccc1C(=O)N1CCN(Cc2ccccc2)CC1. The zero-order valence-electron chi connectivity index (χ0n) is 18.2. The number of para-hydroxylation sites is 1. The van der Waals surface area contributed by atoms with Crippen molar-refractivity contribution in [1.82, 2.24) is 9.80 Å². The molecule has 0 unspecified atom stereocenters. The third kappa shape index (κ3) is 6.34. The molecule has 1 aliphatic rings. The minimum atomic E-state index is -0.335. The van der Waals surface area contributed by atoms with Crippen molar-refractivity contribution in [2.24, 2.45) is 0 Å². The molecule has 1 N–H and O–H groups in total. The van der Waals surface area contributed by atoms with Gasteiger partial charge in [0.05, 0.1) is 11.3 Å². The van der Waals surface area contributed by atoms with Gasteiger partial charge < -0.3 is 15.0 Å². The maximum absolute atomic E-state index is 13.2. The van der Waals surface area contributed by atoms with Crippen molar-refractivity contribution < 1.29 is 14.3 Å². The predicted octanol–water partition coefficient (Wildman–Crippen LogP) is 4.32. The largest absolute Gasteiger partial charge is 0.484 e. The monoisotopic (exact) mass is 463 g/mol. The molecule has 0 aromatic heterocycles. The van der Waals surface area contributed by atoms with E-state index in [-0.39, 0.29) is 18.4 Å². The van der Waals surface area contributed by atoms with Gasteiger partial charge in [0.15, 0.2) is 6.61 Å². The fourth-order valence-corrected chi connectivity index (χ4v) is 3.89. The Kier molecular flexibility index (Phi) is 7.60. The Labute approximate surface area is 198 Å². The number of rotatable bonds is 7. The van der Waals surface area contributed by atoms with E-state index < -0.39 is 0 Å². The molecule has 3 aromatic carbocycles. The number of piperazine rings is 1. The van der Waals surface area contributed by atoms with Gasteiger partial charge in [0.1, 0.15) is 5.75 Å². The van der Waals surface area contributed by atoms with E-state index in [4.69, 9.17) is 16.3 Å². The van der Waals surface area contributed by atoms with Crippen LogP contribution in [0, 0.1) is 0 Å². The minimum absolute atomic E-state index is 0.0797. The van der Waals surface area contributed by atoms with Crippen molar-refractivity contribution in [3.63, 3.8) is 0 Å².